The van der Waals surface area contributed by atoms with Crippen LogP contribution in [0.2, 0.25) is 0 Å². The summed E-state index contributed by atoms with van der Waals surface area (Å²) in [5.41, 5.74) is 15.6. The molecule has 2 aromatic carbocycles. The zero-order chi connectivity index (χ0) is 21.5. The molecule has 0 aliphatic heterocycles. The van der Waals surface area contributed by atoms with Gasteiger partial charge in [0.1, 0.15) is 0 Å². The van der Waals surface area contributed by atoms with Gasteiger partial charge in [0.15, 0.2) is 0 Å². The van der Waals surface area contributed by atoms with Crippen molar-refractivity contribution >= 4 is 17.3 Å². The van der Waals surface area contributed by atoms with Gasteiger partial charge in [0, 0.05) is 16.9 Å². The molecule has 1 fully saturated rings. The lowest BCUT2D eigenvalue weighted by atomic mass is 9.77. The second kappa shape index (κ2) is 10.5. The predicted molar refractivity (Wildman–Crippen MR) is 126 cm³/mol. The molecule has 0 saturated heterocycles. The summed E-state index contributed by atoms with van der Waals surface area (Å²) in [7, 11) is 0. The minimum atomic E-state index is -1.01. The molecule has 162 valence electrons. The third-order valence-electron chi connectivity index (χ3n) is 6.66. The van der Waals surface area contributed by atoms with Crippen molar-refractivity contribution in [3.63, 3.8) is 0 Å². The highest BCUT2D eigenvalue weighted by Gasteiger charge is 2.22. The van der Waals surface area contributed by atoms with E-state index in [9.17, 15) is 9.90 Å². The third-order valence-corrected chi connectivity index (χ3v) is 6.66. The van der Waals surface area contributed by atoms with Gasteiger partial charge in [-0.05, 0) is 60.8 Å². The Morgan fingerprint density at radius 1 is 0.967 bits per heavy atom. The van der Waals surface area contributed by atoms with E-state index in [1.165, 1.54) is 75.8 Å². The van der Waals surface area contributed by atoms with Crippen LogP contribution in [0.4, 0.5) is 11.4 Å². The predicted octanol–water partition coefficient (Wildman–Crippen LogP) is 6.85. The van der Waals surface area contributed by atoms with E-state index >= 15 is 0 Å². The van der Waals surface area contributed by atoms with Crippen LogP contribution in [0, 0.1) is 5.92 Å². The van der Waals surface area contributed by atoms with Crippen LogP contribution in [0.15, 0.2) is 36.4 Å². The number of carboxylic acids is 1. The van der Waals surface area contributed by atoms with Gasteiger partial charge < -0.3 is 16.6 Å². The minimum Gasteiger partial charge on any atom is -0.478 e. The lowest BCUT2D eigenvalue weighted by molar-refractivity contribution is 0.0698. The van der Waals surface area contributed by atoms with Crippen molar-refractivity contribution in [1.29, 1.82) is 0 Å². The number of nitrogens with two attached hydrogens (primary N) is 2. The number of rotatable bonds is 9. The summed E-state index contributed by atoms with van der Waals surface area (Å²) in [5.74, 6) is 0.494. The fourth-order valence-corrected chi connectivity index (χ4v) is 4.92. The molecule has 0 atom stereocenters. The smallest absolute Gasteiger partial charge is 0.336 e. The number of benzene rings is 2. The molecule has 1 aliphatic rings. The SMILES string of the molecule is CCCCCCCC1CCC(c2ccc(-c3c(N)cc(N)cc3C(=O)O)cc2)CC1. The fourth-order valence-electron chi connectivity index (χ4n) is 4.92. The molecule has 0 amide bonds. The van der Waals surface area contributed by atoms with E-state index in [0.29, 0.717) is 22.9 Å². The average Bonchev–Trinajstić information content (AvgIpc) is 2.74. The van der Waals surface area contributed by atoms with Gasteiger partial charge in [-0.25, -0.2) is 4.79 Å². The quantitative estimate of drug-likeness (QED) is 0.312. The average molecular weight is 409 g/mol. The Morgan fingerprint density at radius 2 is 1.63 bits per heavy atom. The van der Waals surface area contributed by atoms with Crippen LogP contribution in [-0.2, 0) is 0 Å². The molecule has 30 heavy (non-hydrogen) atoms. The highest BCUT2D eigenvalue weighted by atomic mass is 16.4. The Morgan fingerprint density at radius 3 is 2.27 bits per heavy atom. The summed E-state index contributed by atoms with van der Waals surface area (Å²) in [6, 6.07) is 11.4. The maximum Gasteiger partial charge on any atom is 0.336 e. The molecule has 1 saturated carbocycles. The minimum absolute atomic E-state index is 0.152. The first-order chi connectivity index (χ1) is 14.5. The van der Waals surface area contributed by atoms with Crippen LogP contribution in [-0.4, -0.2) is 11.1 Å². The normalized spacial score (nSPS) is 19.0. The molecule has 0 bridgehead atoms. The number of hydrogen-bond acceptors (Lipinski definition) is 3. The molecule has 0 heterocycles. The first-order valence-electron chi connectivity index (χ1n) is 11.5. The standard InChI is InChI=1S/C26H36N2O2/c1-2-3-4-5-6-7-18-8-10-19(11-9-18)20-12-14-21(15-13-20)25-23(26(29)30)16-22(27)17-24(25)28/h12-19H,2-11,27-28H2,1H3,(H,29,30). The highest BCUT2D eigenvalue weighted by molar-refractivity contribution is 6.01. The van der Waals surface area contributed by atoms with E-state index in [1.54, 1.807) is 6.07 Å². The lowest BCUT2D eigenvalue weighted by Gasteiger charge is -2.29. The summed E-state index contributed by atoms with van der Waals surface area (Å²) in [5, 5.41) is 9.55. The van der Waals surface area contributed by atoms with E-state index in [-0.39, 0.29) is 5.56 Å². The summed E-state index contributed by atoms with van der Waals surface area (Å²) >= 11 is 0. The molecule has 5 N–H and O–H groups in total. The second-order valence-corrected chi connectivity index (χ2v) is 8.88. The summed E-state index contributed by atoms with van der Waals surface area (Å²) in [6.45, 7) is 2.27. The molecule has 3 rings (SSSR count). The van der Waals surface area contributed by atoms with Gasteiger partial charge in [-0.2, -0.15) is 0 Å². The van der Waals surface area contributed by atoms with E-state index in [0.717, 1.165) is 11.5 Å². The van der Waals surface area contributed by atoms with Crippen LogP contribution < -0.4 is 11.5 Å². The number of hydrogen-bond donors (Lipinski definition) is 3. The van der Waals surface area contributed by atoms with E-state index < -0.39 is 5.97 Å². The highest BCUT2D eigenvalue weighted by Crippen LogP contribution is 2.39. The molecular formula is C26H36N2O2. The molecule has 4 heteroatoms. The number of aromatic carboxylic acids is 1. The summed E-state index contributed by atoms with van der Waals surface area (Å²) < 4.78 is 0. The number of anilines is 2. The van der Waals surface area contributed by atoms with Crippen LogP contribution in [0.3, 0.4) is 0 Å². The van der Waals surface area contributed by atoms with Gasteiger partial charge in [0.25, 0.3) is 0 Å². The zero-order valence-corrected chi connectivity index (χ0v) is 18.2. The lowest BCUT2D eigenvalue weighted by Crippen LogP contribution is -2.13. The fraction of sp³-hybridized carbons (Fsp3) is 0.500. The summed E-state index contributed by atoms with van der Waals surface area (Å²) in [6.07, 6.45) is 13.4. The third kappa shape index (κ3) is 5.56. The van der Waals surface area contributed by atoms with E-state index in [4.69, 9.17) is 11.5 Å². The van der Waals surface area contributed by atoms with Gasteiger partial charge in [-0.1, -0.05) is 69.7 Å². The Kier molecular flexibility index (Phi) is 7.78. The summed E-state index contributed by atoms with van der Waals surface area (Å²) in [4.78, 5) is 11.7. The Bertz CT molecular complexity index is 837. The van der Waals surface area contributed by atoms with Crippen LogP contribution in [0.1, 0.15) is 93.0 Å². The van der Waals surface area contributed by atoms with Crippen molar-refractivity contribution in [1.82, 2.24) is 0 Å². The molecule has 0 spiro atoms. The molecule has 4 nitrogen and oxygen atoms in total. The van der Waals surface area contributed by atoms with Crippen molar-refractivity contribution in [2.24, 2.45) is 5.92 Å². The zero-order valence-electron chi connectivity index (χ0n) is 18.2. The molecular weight excluding hydrogens is 372 g/mol. The molecule has 1 aliphatic carbocycles. The number of unbranched alkanes of at least 4 members (excludes halogenated alkanes) is 4. The van der Waals surface area contributed by atoms with Crippen LogP contribution in [0.25, 0.3) is 11.1 Å². The maximum atomic E-state index is 11.7. The van der Waals surface area contributed by atoms with Crippen molar-refractivity contribution < 1.29 is 9.90 Å². The monoisotopic (exact) mass is 408 g/mol. The van der Waals surface area contributed by atoms with Crippen molar-refractivity contribution in [2.45, 2.75) is 77.0 Å². The molecule has 0 aromatic heterocycles. The van der Waals surface area contributed by atoms with Gasteiger partial charge in [0.05, 0.1) is 5.56 Å². The van der Waals surface area contributed by atoms with Crippen molar-refractivity contribution in [2.75, 3.05) is 11.5 Å². The first kappa shape index (κ1) is 22.2. The van der Waals surface area contributed by atoms with E-state index in [2.05, 4.69) is 19.1 Å². The number of carboxylic acid groups (broad SMARTS) is 1. The second-order valence-electron chi connectivity index (χ2n) is 8.88. The largest absolute Gasteiger partial charge is 0.478 e. The van der Waals surface area contributed by atoms with Gasteiger partial charge in [-0.15, -0.1) is 0 Å². The Labute approximate surface area is 180 Å². The van der Waals surface area contributed by atoms with Crippen molar-refractivity contribution in [3.05, 3.63) is 47.5 Å². The molecule has 2 aromatic rings. The maximum absolute atomic E-state index is 11.7. The van der Waals surface area contributed by atoms with E-state index in [1.807, 2.05) is 12.1 Å². The van der Waals surface area contributed by atoms with Gasteiger partial charge in [-0.3, -0.25) is 0 Å². The Balaban J connectivity index is 1.61. The molecule has 0 radical (unpaired) electrons. The number of nitrogen functional groups attached to an aromatic ring is 2. The number of carbonyl (C=O) groups is 1. The topological polar surface area (TPSA) is 89.3 Å². The van der Waals surface area contributed by atoms with Crippen molar-refractivity contribution in [3.8, 4) is 11.1 Å². The van der Waals surface area contributed by atoms with Gasteiger partial charge >= 0.3 is 5.97 Å². The molecule has 0 unspecified atom stereocenters. The van der Waals surface area contributed by atoms with Crippen LogP contribution >= 0.6 is 0 Å². The van der Waals surface area contributed by atoms with Crippen LogP contribution in [0.5, 0.6) is 0 Å². The first-order valence-corrected chi connectivity index (χ1v) is 11.5. The Hall–Kier alpha value is -2.49. The van der Waals surface area contributed by atoms with Gasteiger partial charge in [0.2, 0.25) is 0 Å².